The molecule has 8 heteroatoms. The van der Waals surface area contributed by atoms with E-state index in [9.17, 15) is 13.2 Å². The maximum atomic E-state index is 13.2. The monoisotopic (exact) mass is 399 g/mol. The standard InChI is InChI=1S/C18H13ClF3NO2S/c1-24-13-8-5-11(9-14(13)25-2)16-15(10-3-6-12(19)7-4-10)23-17(26-16)18(20,21)22/h3-9H,1-2H3. The van der Waals surface area contributed by atoms with Gasteiger partial charge >= 0.3 is 6.18 Å². The fraction of sp³-hybridized carbons (Fsp3) is 0.167. The third-order valence-electron chi connectivity index (χ3n) is 3.63. The van der Waals surface area contributed by atoms with Gasteiger partial charge in [0.1, 0.15) is 0 Å². The molecule has 1 aromatic heterocycles. The molecule has 0 fully saturated rings. The molecular weight excluding hydrogens is 387 g/mol. The van der Waals surface area contributed by atoms with E-state index >= 15 is 0 Å². The van der Waals surface area contributed by atoms with Crippen LogP contribution in [0, 0.1) is 0 Å². The maximum Gasteiger partial charge on any atom is 0.443 e. The van der Waals surface area contributed by atoms with Crippen LogP contribution in [0.25, 0.3) is 21.7 Å². The number of ether oxygens (including phenoxy) is 2. The summed E-state index contributed by atoms with van der Waals surface area (Å²) in [6, 6.07) is 11.5. The van der Waals surface area contributed by atoms with Crippen LogP contribution < -0.4 is 9.47 Å². The van der Waals surface area contributed by atoms with Crippen LogP contribution in [0.3, 0.4) is 0 Å². The number of benzene rings is 2. The van der Waals surface area contributed by atoms with Crippen molar-refractivity contribution in [3.8, 4) is 33.2 Å². The Kier molecular flexibility index (Phi) is 5.11. The Morgan fingerprint density at radius 3 is 2.12 bits per heavy atom. The minimum absolute atomic E-state index is 0.242. The molecule has 0 N–H and O–H groups in total. The van der Waals surface area contributed by atoms with Gasteiger partial charge in [0.2, 0.25) is 0 Å². The van der Waals surface area contributed by atoms with Crippen molar-refractivity contribution in [1.82, 2.24) is 4.98 Å². The van der Waals surface area contributed by atoms with E-state index in [1.54, 1.807) is 42.5 Å². The van der Waals surface area contributed by atoms with Crippen LogP contribution >= 0.6 is 22.9 Å². The van der Waals surface area contributed by atoms with Gasteiger partial charge < -0.3 is 9.47 Å². The van der Waals surface area contributed by atoms with Crippen molar-refractivity contribution in [2.75, 3.05) is 14.2 Å². The second-order valence-corrected chi connectivity index (χ2v) is 6.71. The third-order valence-corrected chi connectivity index (χ3v) is 5.03. The quantitative estimate of drug-likeness (QED) is 0.526. The molecule has 0 atom stereocenters. The van der Waals surface area contributed by atoms with Gasteiger partial charge in [-0.1, -0.05) is 23.7 Å². The lowest BCUT2D eigenvalue weighted by Gasteiger charge is -2.09. The van der Waals surface area contributed by atoms with Crippen molar-refractivity contribution in [3.05, 3.63) is 52.5 Å². The van der Waals surface area contributed by atoms with Crippen molar-refractivity contribution >= 4 is 22.9 Å². The van der Waals surface area contributed by atoms with Crippen LogP contribution in [-0.2, 0) is 6.18 Å². The topological polar surface area (TPSA) is 31.4 Å². The summed E-state index contributed by atoms with van der Waals surface area (Å²) in [6.07, 6.45) is -4.53. The number of methoxy groups -OCH3 is 2. The number of alkyl halides is 3. The van der Waals surface area contributed by atoms with Crippen molar-refractivity contribution < 1.29 is 22.6 Å². The van der Waals surface area contributed by atoms with Crippen molar-refractivity contribution in [2.45, 2.75) is 6.18 Å². The first kappa shape index (κ1) is 18.5. The molecule has 3 nitrogen and oxygen atoms in total. The molecule has 3 rings (SSSR count). The highest BCUT2D eigenvalue weighted by Crippen LogP contribution is 2.44. The van der Waals surface area contributed by atoms with Gasteiger partial charge in [-0.25, -0.2) is 4.98 Å². The van der Waals surface area contributed by atoms with Gasteiger partial charge in [0.05, 0.1) is 24.8 Å². The fourth-order valence-corrected chi connectivity index (χ4v) is 3.49. The van der Waals surface area contributed by atoms with Gasteiger partial charge in [0.25, 0.3) is 0 Å². The summed E-state index contributed by atoms with van der Waals surface area (Å²) in [5, 5.41) is -0.417. The molecule has 0 unspecified atom stereocenters. The highest BCUT2D eigenvalue weighted by Gasteiger charge is 2.36. The molecule has 0 amide bonds. The van der Waals surface area contributed by atoms with Gasteiger partial charge in [0.15, 0.2) is 16.5 Å². The van der Waals surface area contributed by atoms with Crippen LogP contribution in [0.5, 0.6) is 11.5 Å². The van der Waals surface area contributed by atoms with Gasteiger partial charge in [-0.2, -0.15) is 13.2 Å². The molecule has 0 saturated heterocycles. The lowest BCUT2D eigenvalue weighted by molar-refractivity contribution is -0.137. The van der Waals surface area contributed by atoms with E-state index in [2.05, 4.69) is 4.98 Å². The first-order chi connectivity index (χ1) is 12.3. The molecule has 0 aliphatic rings. The summed E-state index contributed by atoms with van der Waals surface area (Å²) < 4.78 is 50.1. The Bertz CT molecular complexity index is 923. The van der Waals surface area contributed by atoms with Gasteiger partial charge in [-0.3, -0.25) is 0 Å². The normalized spacial score (nSPS) is 11.5. The number of halogens is 4. The number of nitrogens with zero attached hydrogens (tertiary/aromatic N) is 1. The molecule has 0 saturated carbocycles. The van der Waals surface area contributed by atoms with Crippen molar-refractivity contribution in [1.29, 1.82) is 0 Å². The Balaban J connectivity index is 2.19. The third kappa shape index (κ3) is 3.64. The second-order valence-electron chi connectivity index (χ2n) is 5.27. The smallest absolute Gasteiger partial charge is 0.443 e. The minimum atomic E-state index is -4.53. The van der Waals surface area contributed by atoms with Gasteiger partial charge in [-0.05, 0) is 35.9 Å². The summed E-state index contributed by atoms with van der Waals surface area (Å²) in [5.74, 6) is 0.916. The molecule has 3 aromatic rings. The van der Waals surface area contributed by atoms with E-state index in [-0.39, 0.29) is 5.69 Å². The second kappa shape index (κ2) is 7.17. The average molecular weight is 400 g/mol. The van der Waals surface area contributed by atoms with Crippen LogP contribution in [0.4, 0.5) is 13.2 Å². The Labute approximate surface area is 157 Å². The maximum absolute atomic E-state index is 13.2. The number of hydrogen-bond acceptors (Lipinski definition) is 4. The molecule has 0 spiro atoms. The van der Waals surface area contributed by atoms with Gasteiger partial charge in [0, 0.05) is 10.6 Å². The van der Waals surface area contributed by atoms with E-state index in [0.29, 0.717) is 43.9 Å². The van der Waals surface area contributed by atoms with Crippen molar-refractivity contribution in [2.24, 2.45) is 0 Å². The predicted molar refractivity (Wildman–Crippen MR) is 96.1 cm³/mol. The number of thiazole rings is 1. The molecule has 0 aliphatic heterocycles. The summed E-state index contributed by atoms with van der Waals surface area (Å²) in [7, 11) is 2.96. The number of rotatable bonds is 4. The Hall–Kier alpha value is -2.25. The van der Waals surface area contributed by atoms with Crippen LogP contribution in [0.1, 0.15) is 5.01 Å². The molecule has 0 bridgehead atoms. The highest BCUT2D eigenvalue weighted by molar-refractivity contribution is 7.15. The summed E-state index contributed by atoms with van der Waals surface area (Å²) in [5.41, 5.74) is 1.35. The minimum Gasteiger partial charge on any atom is -0.493 e. The summed E-state index contributed by atoms with van der Waals surface area (Å²) in [6.45, 7) is 0. The molecule has 26 heavy (non-hydrogen) atoms. The average Bonchev–Trinajstić information content (AvgIpc) is 3.07. The van der Waals surface area contributed by atoms with Gasteiger partial charge in [-0.15, -0.1) is 11.3 Å². The fourth-order valence-electron chi connectivity index (χ4n) is 2.42. The highest BCUT2D eigenvalue weighted by atomic mass is 35.5. The molecule has 2 aromatic carbocycles. The largest absolute Gasteiger partial charge is 0.493 e. The Morgan fingerprint density at radius 1 is 0.923 bits per heavy atom. The van der Waals surface area contributed by atoms with E-state index in [4.69, 9.17) is 21.1 Å². The van der Waals surface area contributed by atoms with E-state index in [1.165, 1.54) is 14.2 Å². The van der Waals surface area contributed by atoms with Crippen LogP contribution in [-0.4, -0.2) is 19.2 Å². The van der Waals surface area contributed by atoms with E-state index < -0.39 is 11.2 Å². The molecule has 136 valence electrons. The SMILES string of the molecule is COc1ccc(-c2sc(C(F)(F)F)nc2-c2ccc(Cl)cc2)cc1OC. The van der Waals surface area contributed by atoms with Crippen LogP contribution in [0.15, 0.2) is 42.5 Å². The Morgan fingerprint density at radius 2 is 1.54 bits per heavy atom. The van der Waals surface area contributed by atoms with E-state index in [1.807, 2.05) is 0 Å². The molecule has 0 aliphatic carbocycles. The zero-order valence-corrected chi connectivity index (χ0v) is 15.3. The first-order valence-corrected chi connectivity index (χ1v) is 8.59. The van der Waals surface area contributed by atoms with Crippen LogP contribution in [0.2, 0.25) is 5.02 Å². The summed E-state index contributed by atoms with van der Waals surface area (Å²) >= 11 is 6.46. The number of aromatic nitrogens is 1. The summed E-state index contributed by atoms with van der Waals surface area (Å²) in [4.78, 5) is 4.22. The first-order valence-electron chi connectivity index (χ1n) is 7.40. The lowest BCUT2D eigenvalue weighted by Crippen LogP contribution is -2.03. The molecule has 1 heterocycles. The zero-order valence-electron chi connectivity index (χ0n) is 13.7. The predicted octanol–water partition coefficient (Wildman–Crippen LogP) is 6.17. The number of hydrogen-bond donors (Lipinski definition) is 0. The molecule has 0 radical (unpaired) electrons. The van der Waals surface area contributed by atoms with E-state index in [0.717, 1.165) is 0 Å². The lowest BCUT2D eigenvalue weighted by atomic mass is 10.1. The zero-order chi connectivity index (χ0) is 18.9. The molecular formula is C18H13ClF3NO2S. The van der Waals surface area contributed by atoms with Crippen molar-refractivity contribution in [3.63, 3.8) is 0 Å².